The van der Waals surface area contributed by atoms with Crippen molar-refractivity contribution >= 4 is 44.7 Å². The van der Waals surface area contributed by atoms with Crippen molar-refractivity contribution in [2.24, 2.45) is 10.1 Å². The number of rotatable bonds is 4. The molecule has 0 saturated heterocycles. The van der Waals surface area contributed by atoms with Crippen molar-refractivity contribution in [3.05, 3.63) is 94.2 Å². The fraction of sp³-hybridized carbons (Fsp3) is 0.0455. The number of nitrogens with one attached hydrogen (secondary N) is 2. The fourth-order valence-electron chi connectivity index (χ4n) is 2.66. The zero-order valence-corrected chi connectivity index (χ0v) is 16.8. The molecular formula is C22H18BrN5. The van der Waals surface area contributed by atoms with Gasteiger partial charge in [0, 0.05) is 4.47 Å². The summed E-state index contributed by atoms with van der Waals surface area (Å²) in [6.07, 6.45) is 1.75. The Balaban J connectivity index is 1.66. The highest BCUT2D eigenvalue weighted by molar-refractivity contribution is 9.10. The van der Waals surface area contributed by atoms with Crippen molar-refractivity contribution in [1.82, 2.24) is 15.4 Å². The molecule has 0 aliphatic heterocycles. The van der Waals surface area contributed by atoms with E-state index in [0.29, 0.717) is 11.7 Å². The molecular weight excluding hydrogens is 414 g/mol. The Labute approximate surface area is 171 Å². The topological polar surface area (TPSA) is 65.4 Å². The number of aromatic amines is 1. The number of halogens is 1. The molecule has 4 aromatic rings. The predicted molar refractivity (Wildman–Crippen MR) is 118 cm³/mol. The number of aliphatic imine (C=N–C) groups is 1. The molecule has 1 heterocycles. The van der Waals surface area contributed by atoms with Gasteiger partial charge in [-0.25, -0.2) is 9.98 Å². The van der Waals surface area contributed by atoms with Crippen LogP contribution in [-0.2, 0) is 0 Å². The Morgan fingerprint density at radius 2 is 1.75 bits per heavy atom. The Kier molecular flexibility index (Phi) is 5.30. The SMILES string of the molecule is Cc1ccc(N=C(N/N=C/c2ccc(Br)cc2)c2nc3ccccc3[nH]2)cc1. The fourth-order valence-corrected chi connectivity index (χ4v) is 2.93. The van der Waals surface area contributed by atoms with Crippen LogP contribution in [0.3, 0.4) is 0 Å². The molecule has 28 heavy (non-hydrogen) atoms. The lowest BCUT2D eigenvalue weighted by Crippen LogP contribution is -2.20. The first-order valence-corrected chi connectivity index (χ1v) is 9.62. The van der Waals surface area contributed by atoms with Crippen LogP contribution in [0.4, 0.5) is 5.69 Å². The number of imidazole rings is 1. The molecule has 0 aliphatic carbocycles. The highest BCUT2D eigenvalue weighted by Crippen LogP contribution is 2.16. The minimum Gasteiger partial charge on any atom is -0.335 e. The number of nitrogens with zero attached hydrogens (tertiary/aromatic N) is 3. The van der Waals surface area contributed by atoms with Gasteiger partial charge in [-0.05, 0) is 48.9 Å². The van der Waals surface area contributed by atoms with E-state index in [0.717, 1.165) is 26.8 Å². The van der Waals surface area contributed by atoms with Crippen molar-refractivity contribution in [1.29, 1.82) is 0 Å². The zero-order valence-electron chi connectivity index (χ0n) is 15.2. The molecule has 2 N–H and O–H groups in total. The van der Waals surface area contributed by atoms with Crippen LogP contribution < -0.4 is 5.43 Å². The predicted octanol–water partition coefficient (Wildman–Crippen LogP) is 5.34. The zero-order chi connectivity index (χ0) is 19.3. The van der Waals surface area contributed by atoms with Crippen LogP contribution in [0.1, 0.15) is 17.0 Å². The van der Waals surface area contributed by atoms with Crippen molar-refractivity contribution in [2.45, 2.75) is 6.92 Å². The van der Waals surface area contributed by atoms with Gasteiger partial charge in [-0.15, -0.1) is 0 Å². The normalized spacial score (nSPS) is 12.0. The molecule has 0 bridgehead atoms. The number of hydrazone groups is 1. The monoisotopic (exact) mass is 431 g/mol. The van der Waals surface area contributed by atoms with Gasteiger partial charge < -0.3 is 4.98 Å². The number of benzene rings is 3. The first-order chi connectivity index (χ1) is 13.7. The maximum atomic E-state index is 4.70. The Bertz CT molecular complexity index is 1110. The lowest BCUT2D eigenvalue weighted by atomic mass is 10.2. The van der Waals surface area contributed by atoms with E-state index in [1.54, 1.807) is 6.21 Å². The summed E-state index contributed by atoms with van der Waals surface area (Å²) in [7, 11) is 0. The van der Waals surface area contributed by atoms with Crippen LogP contribution >= 0.6 is 15.9 Å². The summed E-state index contributed by atoms with van der Waals surface area (Å²) in [6, 6.07) is 23.8. The van der Waals surface area contributed by atoms with Crippen molar-refractivity contribution < 1.29 is 0 Å². The number of H-pyrrole nitrogens is 1. The number of amidine groups is 1. The summed E-state index contributed by atoms with van der Waals surface area (Å²) in [5, 5.41) is 4.35. The molecule has 0 spiro atoms. The Morgan fingerprint density at radius 1 is 1.00 bits per heavy atom. The van der Waals surface area contributed by atoms with Gasteiger partial charge >= 0.3 is 0 Å². The summed E-state index contributed by atoms with van der Waals surface area (Å²) in [5.74, 6) is 1.18. The van der Waals surface area contributed by atoms with Gasteiger partial charge in [0.05, 0.1) is 22.9 Å². The Hall–Kier alpha value is -3.25. The molecule has 0 radical (unpaired) electrons. The molecule has 0 unspecified atom stereocenters. The highest BCUT2D eigenvalue weighted by Gasteiger charge is 2.09. The second-order valence-electron chi connectivity index (χ2n) is 6.32. The number of para-hydroxylation sites is 2. The first kappa shape index (κ1) is 18.1. The molecule has 0 amide bonds. The summed E-state index contributed by atoms with van der Waals surface area (Å²) in [5.41, 5.74) is 7.86. The maximum Gasteiger partial charge on any atom is 0.190 e. The molecule has 0 saturated carbocycles. The maximum absolute atomic E-state index is 4.70. The molecule has 1 aromatic heterocycles. The van der Waals surface area contributed by atoms with E-state index in [2.05, 4.69) is 43.3 Å². The van der Waals surface area contributed by atoms with E-state index < -0.39 is 0 Å². The van der Waals surface area contributed by atoms with Gasteiger partial charge in [0.2, 0.25) is 0 Å². The van der Waals surface area contributed by atoms with E-state index in [9.17, 15) is 0 Å². The standard InChI is InChI=1S/C22H18BrN5/c1-15-6-12-18(13-7-15)25-22(21-26-19-4-2-3-5-20(19)27-21)28-24-14-16-8-10-17(23)11-9-16/h2-14H,1H3,(H,25,28)(H,26,27)/b24-14+. The van der Waals surface area contributed by atoms with Crippen LogP contribution in [0.15, 0.2) is 87.4 Å². The lowest BCUT2D eigenvalue weighted by molar-refractivity contribution is 1.01. The molecule has 3 aromatic carbocycles. The Morgan fingerprint density at radius 3 is 2.50 bits per heavy atom. The van der Waals surface area contributed by atoms with Gasteiger partial charge in [-0.1, -0.05) is 57.9 Å². The molecule has 0 atom stereocenters. The van der Waals surface area contributed by atoms with E-state index in [-0.39, 0.29) is 0 Å². The van der Waals surface area contributed by atoms with Crippen LogP contribution in [0.2, 0.25) is 0 Å². The van der Waals surface area contributed by atoms with E-state index >= 15 is 0 Å². The van der Waals surface area contributed by atoms with Crippen molar-refractivity contribution in [3.63, 3.8) is 0 Å². The number of hydrogen-bond acceptors (Lipinski definition) is 3. The molecule has 4 rings (SSSR count). The second kappa shape index (κ2) is 8.19. The minimum atomic E-state index is 0.549. The average Bonchev–Trinajstić information content (AvgIpc) is 3.14. The lowest BCUT2D eigenvalue weighted by Gasteiger charge is -2.03. The molecule has 0 aliphatic rings. The van der Waals surface area contributed by atoms with Crippen LogP contribution in [0, 0.1) is 6.92 Å². The third-order valence-corrected chi connectivity index (χ3v) is 4.67. The van der Waals surface area contributed by atoms with E-state index in [1.807, 2.05) is 72.8 Å². The summed E-state index contributed by atoms with van der Waals surface area (Å²) in [6.45, 7) is 2.05. The number of aromatic nitrogens is 2. The van der Waals surface area contributed by atoms with Crippen LogP contribution in [0.25, 0.3) is 11.0 Å². The number of hydrogen-bond donors (Lipinski definition) is 2. The molecule has 5 nitrogen and oxygen atoms in total. The van der Waals surface area contributed by atoms with Gasteiger partial charge in [0.15, 0.2) is 11.7 Å². The van der Waals surface area contributed by atoms with E-state index in [4.69, 9.17) is 4.99 Å². The van der Waals surface area contributed by atoms with Gasteiger partial charge in [-0.3, -0.25) is 5.43 Å². The first-order valence-electron chi connectivity index (χ1n) is 8.82. The van der Waals surface area contributed by atoms with E-state index in [1.165, 1.54) is 5.56 Å². The number of aryl methyl sites for hydroxylation is 1. The van der Waals surface area contributed by atoms with Gasteiger partial charge in [0.1, 0.15) is 0 Å². The van der Waals surface area contributed by atoms with Gasteiger partial charge in [0.25, 0.3) is 0 Å². The third-order valence-electron chi connectivity index (χ3n) is 4.14. The van der Waals surface area contributed by atoms with Crippen LogP contribution in [-0.4, -0.2) is 22.0 Å². The largest absolute Gasteiger partial charge is 0.335 e. The highest BCUT2D eigenvalue weighted by atomic mass is 79.9. The van der Waals surface area contributed by atoms with Crippen molar-refractivity contribution in [3.8, 4) is 0 Å². The smallest absolute Gasteiger partial charge is 0.190 e. The van der Waals surface area contributed by atoms with Crippen molar-refractivity contribution in [2.75, 3.05) is 0 Å². The summed E-state index contributed by atoms with van der Waals surface area (Å²) in [4.78, 5) is 12.6. The second-order valence-corrected chi connectivity index (χ2v) is 7.24. The third kappa shape index (κ3) is 4.35. The summed E-state index contributed by atoms with van der Waals surface area (Å²) >= 11 is 3.43. The quantitative estimate of drug-likeness (QED) is 0.260. The molecule has 0 fully saturated rings. The average molecular weight is 432 g/mol. The summed E-state index contributed by atoms with van der Waals surface area (Å²) < 4.78 is 1.03. The minimum absolute atomic E-state index is 0.549. The van der Waals surface area contributed by atoms with Gasteiger partial charge in [-0.2, -0.15) is 5.10 Å². The molecule has 138 valence electrons. The van der Waals surface area contributed by atoms with Crippen LogP contribution in [0.5, 0.6) is 0 Å². The molecule has 6 heteroatoms. The number of fused-ring (bicyclic) bond motifs is 1.